The van der Waals surface area contributed by atoms with Crippen molar-refractivity contribution in [3.8, 4) is 0 Å². The van der Waals surface area contributed by atoms with E-state index in [1.807, 2.05) is 60.1 Å². The molecule has 0 saturated carbocycles. The molecule has 0 unspecified atom stereocenters. The number of nitrogens with one attached hydrogen (secondary N) is 2. The molecule has 2 aromatic carbocycles. The zero-order valence-electron chi connectivity index (χ0n) is 16.8. The molecular weight excluding hydrogens is 382 g/mol. The van der Waals surface area contributed by atoms with E-state index in [2.05, 4.69) is 34.8 Å². The molecule has 150 valence electrons. The van der Waals surface area contributed by atoms with Crippen molar-refractivity contribution in [1.82, 2.24) is 14.9 Å². The van der Waals surface area contributed by atoms with Crippen molar-refractivity contribution < 1.29 is 4.79 Å². The van der Waals surface area contributed by atoms with Crippen LogP contribution in [0.25, 0.3) is 0 Å². The van der Waals surface area contributed by atoms with Crippen LogP contribution in [0.2, 0.25) is 0 Å². The Morgan fingerprint density at radius 2 is 1.93 bits per heavy atom. The molecule has 0 fully saturated rings. The molecule has 1 aliphatic heterocycles. The van der Waals surface area contributed by atoms with Gasteiger partial charge in [0, 0.05) is 12.1 Å². The van der Waals surface area contributed by atoms with Crippen molar-refractivity contribution >= 4 is 23.4 Å². The number of carbonyl (C=O) groups is 1. The fourth-order valence-corrected chi connectivity index (χ4v) is 4.53. The van der Waals surface area contributed by atoms with Gasteiger partial charge in [0.05, 0.1) is 6.04 Å². The topological polar surface area (TPSA) is 71.8 Å². The van der Waals surface area contributed by atoms with Crippen molar-refractivity contribution in [2.24, 2.45) is 0 Å². The van der Waals surface area contributed by atoms with Crippen LogP contribution in [-0.2, 0) is 11.2 Å². The third kappa shape index (κ3) is 4.00. The summed E-state index contributed by atoms with van der Waals surface area (Å²) in [4.78, 5) is 13.3. The summed E-state index contributed by atoms with van der Waals surface area (Å²) in [5.41, 5.74) is 7.72. The quantitative estimate of drug-likeness (QED) is 0.662. The van der Waals surface area contributed by atoms with Crippen LogP contribution in [0.4, 0.5) is 5.69 Å². The van der Waals surface area contributed by atoms with E-state index in [4.69, 9.17) is 0 Å². The highest BCUT2D eigenvalue weighted by atomic mass is 32.2. The highest BCUT2D eigenvalue weighted by molar-refractivity contribution is 8.00. The fraction of sp³-hybridized carbons (Fsp3) is 0.318. The SMILES string of the molecule is CCCc1nnc2n1N[C@@H](c1ccccc1)[C@H](C(=O)Nc1ccc(C)c(C)c1)S2. The number of aryl methyl sites for hydroxylation is 3. The van der Waals surface area contributed by atoms with Gasteiger partial charge in [-0.2, -0.15) is 0 Å². The lowest BCUT2D eigenvalue weighted by molar-refractivity contribution is -0.116. The van der Waals surface area contributed by atoms with Gasteiger partial charge in [0.15, 0.2) is 5.82 Å². The van der Waals surface area contributed by atoms with E-state index in [1.165, 1.54) is 17.3 Å². The van der Waals surface area contributed by atoms with Gasteiger partial charge in [0.1, 0.15) is 5.25 Å². The van der Waals surface area contributed by atoms with Crippen LogP contribution < -0.4 is 10.7 Å². The van der Waals surface area contributed by atoms with Gasteiger partial charge < -0.3 is 10.7 Å². The van der Waals surface area contributed by atoms with E-state index in [0.29, 0.717) is 0 Å². The van der Waals surface area contributed by atoms with Crippen LogP contribution in [0.1, 0.15) is 41.9 Å². The van der Waals surface area contributed by atoms with Crippen molar-refractivity contribution in [3.63, 3.8) is 0 Å². The fourth-order valence-electron chi connectivity index (χ4n) is 3.43. The molecule has 3 aromatic rings. The van der Waals surface area contributed by atoms with Gasteiger partial charge >= 0.3 is 0 Å². The average Bonchev–Trinajstić information content (AvgIpc) is 3.13. The largest absolute Gasteiger partial charge is 0.325 e. The molecule has 0 radical (unpaired) electrons. The number of nitrogens with zero attached hydrogens (tertiary/aromatic N) is 3. The maximum absolute atomic E-state index is 13.3. The van der Waals surface area contributed by atoms with E-state index in [-0.39, 0.29) is 17.2 Å². The number of carbonyl (C=O) groups excluding carboxylic acids is 1. The number of fused-ring (bicyclic) bond motifs is 1. The minimum absolute atomic E-state index is 0.0501. The second-order valence-corrected chi connectivity index (χ2v) is 8.44. The van der Waals surface area contributed by atoms with Crippen LogP contribution in [0.5, 0.6) is 0 Å². The summed E-state index contributed by atoms with van der Waals surface area (Å²) in [6, 6.07) is 15.9. The summed E-state index contributed by atoms with van der Waals surface area (Å²) in [5.74, 6) is 0.842. The summed E-state index contributed by atoms with van der Waals surface area (Å²) in [5, 5.41) is 12.1. The monoisotopic (exact) mass is 407 g/mol. The summed E-state index contributed by atoms with van der Waals surface area (Å²) < 4.78 is 1.94. The number of aromatic nitrogens is 3. The first-order chi connectivity index (χ1) is 14.1. The minimum Gasteiger partial charge on any atom is -0.325 e. The Hall–Kier alpha value is -2.80. The number of hydrogen-bond acceptors (Lipinski definition) is 5. The molecule has 2 N–H and O–H groups in total. The number of anilines is 1. The van der Waals surface area contributed by atoms with Crippen LogP contribution in [0.15, 0.2) is 53.7 Å². The summed E-state index contributed by atoms with van der Waals surface area (Å²) in [7, 11) is 0. The van der Waals surface area contributed by atoms with Crippen molar-refractivity contribution in [2.75, 3.05) is 10.7 Å². The Kier molecular flexibility index (Phi) is 5.58. The van der Waals surface area contributed by atoms with Gasteiger partial charge in [-0.15, -0.1) is 10.2 Å². The molecule has 2 heterocycles. The van der Waals surface area contributed by atoms with Crippen molar-refractivity contribution in [1.29, 1.82) is 0 Å². The standard InChI is InChI=1S/C22H25N5OS/c1-4-8-18-24-25-22-27(18)26-19(16-9-6-5-7-10-16)20(29-22)21(28)23-17-12-11-14(2)15(3)13-17/h5-7,9-13,19-20,26H,4,8H2,1-3H3,(H,23,28)/t19-,20+/m0/s1. The van der Waals surface area contributed by atoms with Crippen LogP contribution >= 0.6 is 11.8 Å². The Balaban J connectivity index is 1.65. The number of rotatable bonds is 5. The number of hydrogen-bond donors (Lipinski definition) is 2. The summed E-state index contributed by atoms with van der Waals surface area (Å²) in [6.07, 6.45) is 1.82. The second-order valence-electron chi connectivity index (χ2n) is 7.33. The third-order valence-corrected chi connectivity index (χ3v) is 6.38. The zero-order chi connectivity index (χ0) is 20.4. The smallest absolute Gasteiger partial charge is 0.240 e. The lowest BCUT2D eigenvalue weighted by atomic mass is 10.0. The molecule has 7 heteroatoms. The number of amides is 1. The highest BCUT2D eigenvalue weighted by Crippen LogP contribution is 2.37. The molecule has 0 saturated heterocycles. The minimum atomic E-state index is -0.370. The Labute approximate surface area is 175 Å². The summed E-state index contributed by atoms with van der Waals surface area (Å²) >= 11 is 1.46. The maximum atomic E-state index is 13.3. The first-order valence-electron chi connectivity index (χ1n) is 9.87. The molecule has 2 atom stereocenters. The van der Waals surface area contributed by atoms with Crippen LogP contribution in [0.3, 0.4) is 0 Å². The number of benzene rings is 2. The first-order valence-corrected chi connectivity index (χ1v) is 10.8. The van der Waals surface area contributed by atoms with Gasteiger partial charge in [-0.05, 0) is 49.1 Å². The van der Waals surface area contributed by atoms with E-state index in [1.54, 1.807) is 0 Å². The predicted molar refractivity (Wildman–Crippen MR) is 117 cm³/mol. The van der Waals surface area contributed by atoms with Crippen LogP contribution in [-0.4, -0.2) is 26.0 Å². The molecule has 6 nitrogen and oxygen atoms in total. The van der Waals surface area contributed by atoms with Gasteiger partial charge in [0.25, 0.3) is 0 Å². The molecule has 1 amide bonds. The molecule has 1 aliphatic rings. The molecule has 29 heavy (non-hydrogen) atoms. The van der Waals surface area contributed by atoms with Gasteiger partial charge in [0.2, 0.25) is 11.1 Å². The molecule has 4 rings (SSSR count). The number of thioether (sulfide) groups is 1. The third-order valence-electron chi connectivity index (χ3n) is 5.17. The Morgan fingerprint density at radius 3 is 2.66 bits per heavy atom. The second kappa shape index (κ2) is 8.29. The molecule has 0 bridgehead atoms. The molecule has 0 spiro atoms. The van der Waals surface area contributed by atoms with E-state index >= 15 is 0 Å². The first kappa shape index (κ1) is 19.5. The van der Waals surface area contributed by atoms with Crippen molar-refractivity contribution in [3.05, 3.63) is 71.0 Å². The lowest BCUT2D eigenvalue weighted by Gasteiger charge is -2.33. The van der Waals surface area contributed by atoms with Crippen LogP contribution in [0, 0.1) is 13.8 Å². The highest BCUT2D eigenvalue weighted by Gasteiger charge is 2.37. The van der Waals surface area contributed by atoms with Gasteiger partial charge in [-0.1, -0.05) is 55.1 Å². The predicted octanol–water partition coefficient (Wildman–Crippen LogP) is 4.25. The Morgan fingerprint density at radius 1 is 1.14 bits per heavy atom. The van der Waals surface area contributed by atoms with E-state index in [9.17, 15) is 4.79 Å². The molecule has 1 aromatic heterocycles. The lowest BCUT2D eigenvalue weighted by Crippen LogP contribution is -2.41. The van der Waals surface area contributed by atoms with Gasteiger partial charge in [-0.25, -0.2) is 4.68 Å². The van der Waals surface area contributed by atoms with E-state index in [0.717, 1.165) is 40.6 Å². The van der Waals surface area contributed by atoms with E-state index < -0.39 is 0 Å². The average molecular weight is 408 g/mol. The van der Waals surface area contributed by atoms with Crippen molar-refractivity contribution in [2.45, 2.75) is 50.1 Å². The Bertz CT molecular complexity index is 1020. The maximum Gasteiger partial charge on any atom is 0.240 e. The molecular formula is C22H25N5OS. The summed E-state index contributed by atoms with van der Waals surface area (Å²) in [6.45, 7) is 6.23. The normalized spacial score (nSPS) is 18.0. The molecule has 0 aliphatic carbocycles. The zero-order valence-corrected chi connectivity index (χ0v) is 17.7. The van der Waals surface area contributed by atoms with Gasteiger partial charge in [-0.3, -0.25) is 4.79 Å².